The molecule has 1 unspecified atom stereocenters. The summed E-state index contributed by atoms with van der Waals surface area (Å²) in [6, 6.07) is 4.87. The first-order valence-corrected chi connectivity index (χ1v) is 6.52. The maximum absolute atomic E-state index is 8.66. The Hall–Kier alpha value is -0.380. The average Bonchev–Trinajstić information content (AvgIpc) is 2.72. The molecule has 86 valence electrons. The molecule has 0 spiro atoms. The summed E-state index contributed by atoms with van der Waals surface area (Å²) in [6.07, 6.45) is 3.07. The van der Waals surface area contributed by atoms with E-state index in [1.54, 1.807) is 0 Å². The summed E-state index contributed by atoms with van der Waals surface area (Å²) in [5.74, 6) is 0. The van der Waals surface area contributed by atoms with Gasteiger partial charge in [0.2, 0.25) is 0 Å². The molecule has 0 aliphatic heterocycles. The van der Waals surface area contributed by atoms with E-state index in [9.17, 15) is 0 Å². The minimum atomic E-state index is 0.301. The van der Waals surface area contributed by atoms with Crippen LogP contribution in [-0.4, -0.2) is 18.3 Å². The first-order chi connectivity index (χ1) is 7.27. The van der Waals surface area contributed by atoms with Crippen molar-refractivity contribution in [1.82, 2.24) is 5.32 Å². The van der Waals surface area contributed by atoms with E-state index in [4.69, 9.17) is 5.11 Å². The summed E-state index contributed by atoms with van der Waals surface area (Å²) in [5.41, 5.74) is 0. The highest BCUT2D eigenvalue weighted by Gasteiger charge is 2.06. The molecule has 0 fully saturated rings. The van der Waals surface area contributed by atoms with E-state index >= 15 is 0 Å². The van der Waals surface area contributed by atoms with Gasteiger partial charge in [0.1, 0.15) is 0 Å². The maximum atomic E-state index is 8.66. The van der Waals surface area contributed by atoms with Crippen molar-refractivity contribution in [2.24, 2.45) is 0 Å². The Morgan fingerprint density at radius 3 is 2.80 bits per heavy atom. The summed E-state index contributed by atoms with van der Waals surface area (Å²) >= 11 is 1.89. The molecule has 1 aromatic rings. The molecule has 1 aromatic heterocycles. The number of thiophene rings is 1. The number of aryl methyl sites for hydroxylation is 1. The van der Waals surface area contributed by atoms with E-state index in [0.717, 1.165) is 25.8 Å². The van der Waals surface area contributed by atoms with E-state index in [-0.39, 0.29) is 0 Å². The number of aliphatic hydroxyl groups is 1. The van der Waals surface area contributed by atoms with Crippen LogP contribution in [-0.2, 0) is 6.42 Å². The lowest BCUT2D eigenvalue weighted by molar-refractivity contribution is 0.283. The SMILES string of the molecule is CCc1ccc(C(C)NCCCCO)s1. The third kappa shape index (κ3) is 4.33. The summed E-state index contributed by atoms with van der Waals surface area (Å²) in [5, 5.41) is 12.1. The smallest absolute Gasteiger partial charge is 0.0431 e. The van der Waals surface area contributed by atoms with Crippen molar-refractivity contribution in [3.8, 4) is 0 Å². The van der Waals surface area contributed by atoms with Crippen LogP contribution >= 0.6 is 11.3 Å². The largest absolute Gasteiger partial charge is 0.396 e. The minimum absolute atomic E-state index is 0.301. The monoisotopic (exact) mass is 227 g/mol. The van der Waals surface area contributed by atoms with Gasteiger partial charge < -0.3 is 10.4 Å². The summed E-state index contributed by atoms with van der Waals surface area (Å²) in [7, 11) is 0. The molecule has 0 saturated carbocycles. The standard InChI is InChI=1S/C12H21NOS/c1-3-11-6-7-12(15-11)10(2)13-8-4-5-9-14/h6-7,10,13-14H,3-5,8-9H2,1-2H3. The molecule has 0 saturated heterocycles. The average molecular weight is 227 g/mol. The van der Waals surface area contributed by atoms with Crippen LogP contribution in [0, 0.1) is 0 Å². The van der Waals surface area contributed by atoms with Gasteiger partial charge in [-0.15, -0.1) is 11.3 Å². The molecule has 1 atom stereocenters. The number of hydrogen-bond donors (Lipinski definition) is 2. The molecule has 0 amide bonds. The molecule has 2 nitrogen and oxygen atoms in total. The predicted molar refractivity (Wildman–Crippen MR) is 66.4 cm³/mol. The van der Waals surface area contributed by atoms with E-state index in [1.807, 2.05) is 11.3 Å². The van der Waals surface area contributed by atoms with Gasteiger partial charge in [-0.3, -0.25) is 0 Å². The van der Waals surface area contributed by atoms with Gasteiger partial charge >= 0.3 is 0 Å². The van der Waals surface area contributed by atoms with Gasteiger partial charge in [0.15, 0.2) is 0 Å². The Labute approximate surface area is 96.3 Å². The second kappa shape index (κ2) is 6.99. The van der Waals surface area contributed by atoms with Crippen molar-refractivity contribution in [3.05, 3.63) is 21.9 Å². The van der Waals surface area contributed by atoms with Gasteiger partial charge in [-0.25, -0.2) is 0 Å². The number of unbranched alkanes of at least 4 members (excludes halogenated alkanes) is 1. The zero-order chi connectivity index (χ0) is 11.1. The van der Waals surface area contributed by atoms with Gasteiger partial charge in [-0.05, 0) is 44.9 Å². The predicted octanol–water partition coefficient (Wildman–Crippen LogP) is 2.73. The van der Waals surface area contributed by atoms with Gasteiger partial charge in [0, 0.05) is 22.4 Å². The lowest BCUT2D eigenvalue weighted by Gasteiger charge is -2.11. The second-order valence-corrected chi connectivity index (χ2v) is 4.96. The van der Waals surface area contributed by atoms with E-state index < -0.39 is 0 Å². The van der Waals surface area contributed by atoms with Crippen molar-refractivity contribution < 1.29 is 5.11 Å². The van der Waals surface area contributed by atoms with Crippen LogP contribution in [0.25, 0.3) is 0 Å². The first kappa shape index (κ1) is 12.7. The lowest BCUT2D eigenvalue weighted by atomic mass is 10.2. The normalized spacial score (nSPS) is 13.0. The highest BCUT2D eigenvalue weighted by Crippen LogP contribution is 2.23. The van der Waals surface area contributed by atoms with Crippen LogP contribution < -0.4 is 5.32 Å². The van der Waals surface area contributed by atoms with Gasteiger partial charge in [0.05, 0.1) is 0 Å². The van der Waals surface area contributed by atoms with Crippen LogP contribution in [0.4, 0.5) is 0 Å². The number of aliphatic hydroxyl groups excluding tert-OH is 1. The number of rotatable bonds is 7. The minimum Gasteiger partial charge on any atom is -0.396 e. The highest BCUT2D eigenvalue weighted by atomic mass is 32.1. The van der Waals surface area contributed by atoms with Crippen LogP contribution in [0.1, 0.15) is 42.5 Å². The zero-order valence-corrected chi connectivity index (χ0v) is 10.4. The Morgan fingerprint density at radius 2 is 2.20 bits per heavy atom. The fourth-order valence-electron chi connectivity index (χ4n) is 1.47. The van der Waals surface area contributed by atoms with Gasteiger partial charge in [0.25, 0.3) is 0 Å². The van der Waals surface area contributed by atoms with Gasteiger partial charge in [-0.2, -0.15) is 0 Å². The second-order valence-electron chi connectivity index (χ2n) is 3.76. The third-order valence-electron chi connectivity index (χ3n) is 2.49. The quantitative estimate of drug-likeness (QED) is 0.702. The first-order valence-electron chi connectivity index (χ1n) is 5.70. The maximum Gasteiger partial charge on any atom is 0.0431 e. The number of nitrogens with one attached hydrogen (secondary N) is 1. The lowest BCUT2D eigenvalue weighted by Crippen LogP contribution is -2.19. The molecular formula is C12H21NOS. The Balaban J connectivity index is 2.29. The summed E-state index contributed by atoms with van der Waals surface area (Å²) < 4.78 is 0. The highest BCUT2D eigenvalue weighted by molar-refractivity contribution is 7.12. The summed E-state index contributed by atoms with van der Waals surface area (Å²) in [4.78, 5) is 2.87. The van der Waals surface area contributed by atoms with Crippen LogP contribution in [0.3, 0.4) is 0 Å². The molecule has 2 N–H and O–H groups in total. The van der Waals surface area contributed by atoms with Crippen molar-refractivity contribution >= 4 is 11.3 Å². The molecule has 0 aliphatic carbocycles. The van der Waals surface area contributed by atoms with Crippen molar-refractivity contribution in [2.45, 2.75) is 39.2 Å². The zero-order valence-electron chi connectivity index (χ0n) is 9.62. The van der Waals surface area contributed by atoms with Crippen molar-refractivity contribution in [1.29, 1.82) is 0 Å². The molecule has 0 radical (unpaired) electrons. The fraction of sp³-hybridized carbons (Fsp3) is 0.667. The molecular weight excluding hydrogens is 206 g/mol. The molecule has 3 heteroatoms. The Kier molecular flexibility index (Phi) is 5.91. The Bertz CT molecular complexity index is 272. The van der Waals surface area contributed by atoms with Crippen LogP contribution in [0.2, 0.25) is 0 Å². The number of hydrogen-bond acceptors (Lipinski definition) is 3. The van der Waals surface area contributed by atoms with E-state index in [0.29, 0.717) is 12.6 Å². The molecule has 0 bridgehead atoms. The molecule has 1 heterocycles. The van der Waals surface area contributed by atoms with Gasteiger partial charge in [-0.1, -0.05) is 6.92 Å². The molecule has 0 aliphatic rings. The van der Waals surface area contributed by atoms with Crippen molar-refractivity contribution in [3.63, 3.8) is 0 Å². The fourth-order valence-corrected chi connectivity index (χ4v) is 2.45. The molecule has 1 rings (SSSR count). The molecule has 0 aromatic carbocycles. The van der Waals surface area contributed by atoms with E-state index in [2.05, 4.69) is 31.3 Å². The van der Waals surface area contributed by atoms with Crippen molar-refractivity contribution in [2.75, 3.05) is 13.2 Å². The van der Waals surface area contributed by atoms with Crippen LogP contribution in [0.5, 0.6) is 0 Å². The topological polar surface area (TPSA) is 32.3 Å². The summed E-state index contributed by atoms with van der Waals surface area (Å²) in [6.45, 7) is 5.68. The Morgan fingerprint density at radius 1 is 1.40 bits per heavy atom. The third-order valence-corrected chi connectivity index (χ3v) is 3.91. The molecule has 15 heavy (non-hydrogen) atoms. The van der Waals surface area contributed by atoms with E-state index in [1.165, 1.54) is 9.75 Å². The van der Waals surface area contributed by atoms with Crippen LogP contribution in [0.15, 0.2) is 12.1 Å².